The number of nitrogens with one attached hydrogen (secondary N) is 1. The summed E-state index contributed by atoms with van der Waals surface area (Å²) in [5.41, 5.74) is 0.816. The minimum absolute atomic E-state index is 0.0763. The fourth-order valence-corrected chi connectivity index (χ4v) is 1.94. The molecule has 0 aliphatic rings. The zero-order chi connectivity index (χ0) is 12.8. The molecule has 94 valence electrons. The highest BCUT2D eigenvalue weighted by Crippen LogP contribution is 2.23. The van der Waals surface area contributed by atoms with Crippen molar-refractivity contribution >= 4 is 27.6 Å². The maximum Gasteiger partial charge on any atom is 0.337 e. The highest BCUT2D eigenvalue weighted by Gasteiger charge is 2.13. The van der Waals surface area contributed by atoms with E-state index in [2.05, 4.69) is 21.2 Å². The first kappa shape index (κ1) is 14.0. The van der Waals surface area contributed by atoms with Gasteiger partial charge in [0.2, 0.25) is 0 Å². The number of halogens is 1. The zero-order valence-corrected chi connectivity index (χ0v) is 11.2. The Morgan fingerprint density at radius 1 is 1.53 bits per heavy atom. The topological polar surface area (TPSA) is 69.6 Å². The zero-order valence-electron chi connectivity index (χ0n) is 9.61. The van der Waals surface area contributed by atoms with Crippen LogP contribution >= 0.6 is 15.9 Å². The van der Waals surface area contributed by atoms with E-state index >= 15 is 0 Å². The molecule has 17 heavy (non-hydrogen) atoms. The van der Waals surface area contributed by atoms with Gasteiger partial charge in [-0.25, -0.2) is 4.79 Å². The van der Waals surface area contributed by atoms with Crippen molar-refractivity contribution in [1.29, 1.82) is 0 Å². The van der Waals surface area contributed by atoms with Crippen molar-refractivity contribution in [2.75, 3.05) is 11.9 Å². The normalized spacial score (nSPS) is 12.2. The number of hydrogen-bond acceptors (Lipinski definition) is 3. The van der Waals surface area contributed by atoms with Gasteiger partial charge in [0.15, 0.2) is 0 Å². The number of anilines is 1. The Balaban J connectivity index is 2.94. The summed E-state index contributed by atoms with van der Waals surface area (Å²) in [6, 6.07) is 5.07. The first-order valence-electron chi connectivity index (χ1n) is 5.48. The fraction of sp³-hybridized carbons (Fsp3) is 0.417. The molecule has 0 saturated heterocycles. The number of aliphatic hydroxyl groups excluding tert-OH is 1. The third-order valence-corrected chi connectivity index (χ3v) is 3.04. The molecule has 1 unspecified atom stereocenters. The molecule has 0 aromatic heterocycles. The van der Waals surface area contributed by atoms with E-state index in [4.69, 9.17) is 10.2 Å². The van der Waals surface area contributed by atoms with Crippen LogP contribution in [0.4, 0.5) is 5.69 Å². The number of hydrogen-bond donors (Lipinski definition) is 3. The van der Waals surface area contributed by atoms with Crippen molar-refractivity contribution < 1.29 is 15.0 Å². The quantitative estimate of drug-likeness (QED) is 0.755. The van der Waals surface area contributed by atoms with Gasteiger partial charge in [-0.3, -0.25) is 0 Å². The Morgan fingerprint density at radius 3 is 2.76 bits per heavy atom. The molecule has 0 bridgehead atoms. The Kier molecular flexibility index (Phi) is 5.44. The summed E-state index contributed by atoms with van der Waals surface area (Å²) in [4.78, 5) is 11.1. The SMILES string of the molecule is CCC(CCO)Nc1cc(Br)ccc1C(=O)O. The molecule has 0 fully saturated rings. The van der Waals surface area contributed by atoms with Crippen LogP contribution in [0.5, 0.6) is 0 Å². The van der Waals surface area contributed by atoms with Crippen molar-refractivity contribution in [3.63, 3.8) is 0 Å². The van der Waals surface area contributed by atoms with Crippen LogP contribution < -0.4 is 5.32 Å². The predicted octanol–water partition coefficient (Wildman–Crippen LogP) is 2.72. The van der Waals surface area contributed by atoms with Crippen LogP contribution in [0.15, 0.2) is 22.7 Å². The lowest BCUT2D eigenvalue weighted by Gasteiger charge is -2.18. The van der Waals surface area contributed by atoms with Gasteiger partial charge in [-0.05, 0) is 31.0 Å². The van der Waals surface area contributed by atoms with Gasteiger partial charge in [-0.1, -0.05) is 22.9 Å². The van der Waals surface area contributed by atoms with E-state index < -0.39 is 5.97 Å². The number of benzene rings is 1. The summed E-state index contributed by atoms with van der Waals surface area (Å²) >= 11 is 3.31. The first-order chi connectivity index (χ1) is 8.08. The summed E-state index contributed by atoms with van der Waals surface area (Å²) in [7, 11) is 0. The Hall–Kier alpha value is -1.07. The van der Waals surface area contributed by atoms with E-state index in [9.17, 15) is 4.79 Å². The Morgan fingerprint density at radius 2 is 2.24 bits per heavy atom. The molecule has 1 aromatic carbocycles. The Bertz CT molecular complexity index is 395. The van der Waals surface area contributed by atoms with E-state index in [1.54, 1.807) is 18.2 Å². The van der Waals surface area contributed by atoms with Crippen LogP contribution in [0.3, 0.4) is 0 Å². The lowest BCUT2D eigenvalue weighted by atomic mass is 10.1. The minimum atomic E-state index is -0.959. The molecule has 0 heterocycles. The highest BCUT2D eigenvalue weighted by atomic mass is 79.9. The number of aromatic carboxylic acids is 1. The molecule has 0 saturated carbocycles. The van der Waals surface area contributed by atoms with Gasteiger partial charge in [0, 0.05) is 17.1 Å². The fourth-order valence-electron chi connectivity index (χ4n) is 1.58. The molecular weight excluding hydrogens is 286 g/mol. The van der Waals surface area contributed by atoms with E-state index in [0.29, 0.717) is 12.1 Å². The average molecular weight is 302 g/mol. The summed E-state index contributed by atoms with van der Waals surface area (Å²) in [6.45, 7) is 2.08. The lowest BCUT2D eigenvalue weighted by molar-refractivity contribution is 0.0698. The van der Waals surface area contributed by atoms with Crippen molar-refractivity contribution in [3.05, 3.63) is 28.2 Å². The summed E-state index contributed by atoms with van der Waals surface area (Å²) in [5, 5.41) is 21.1. The van der Waals surface area contributed by atoms with Crippen LogP contribution in [-0.4, -0.2) is 28.8 Å². The summed E-state index contributed by atoms with van der Waals surface area (Å²) < 4.78 is 0.823. The Labute approximate surface area is 109 Å². The maximum atomic E-state index is 11.1. The standard InChI is InChI=1S/C12H16BrNO3/c1-2-9(5-6-15)14-11-7-8(13)3-4-10(11)12(16)17/h3-4,7,9,14-15H,2,5-6H2,1H3,(H,16,17). The van der Waals surface area contributed by atoms with Crippen LogP contribution in [0, 0.1) is 0 Å². The van der Waals surface area contributed by atoms with Crippen LogP contribution in [-0.2, 0) is 0 Å². The van der Waals surface area contributed by atoms with Crippen molar-refractivity contribution in [2.45, 2.75) is 25.8 Å². The smallest absolute Gasteiger partial charge is 0.337 e. The molecule has 0 amide bonds. The third-order valence-electron chi connectivity index (χ3n) is 2.54. The number of carboxylic acid groups (broad SMARTS) is 1. The van der Waals surface area contributed by atoms with Gasteiger partial charge in [-0.2, -0.15) is 0 Å². The molecule has 1 aromatic rings. The van der Waals surface area contributed by atoms with E-state index in [-0.39, 0.29) is 18.2 Å². The molecule has 0 spiro atoms. The second-order valence-corrected chi connectivity index (χ2v) is 4.67. The number of aliphatic hydroxyl groups is 1. The van der Waals surface area contributed by atoms with Crippen LogP contribution in [0.25, 0.3) is 0 Å². The number of rotatable bonds is 6. The van der Waals surface area contributed by atoms with Gasteiger partial charge < -0.3 is 15.5 Å². The molecule has 1 atom stereocenters. The molecule has 0 radical (unpaired) electrons. The van der Waals surface area contributed by atoms with Crippen molar-refractivity contribution in [1.82, 2.24) is 0 Å². The van der Waals surface area contributed by atoms with Gasteiger partial charge in [0.05, 0.1) is 11.3 Å². The van der Waals surface area contributed by atoms with Crippen LogP contribution in [0.1, 0.15) is 30.1 Å². The summed E-state index contributed by atoms with van der Waals surface area (Å²) in [6.07, 6.45) is 1.42. The molecule has 0 aliphatic heterocycles. The average Bonchev–Trinajstić information content (AvgIpc) is 2.28. The van der Waals surface area contributed by atoms with E-state index in [1.165, 1.54) is 0 Å². The monoisotopic (exact) mass is 301 g/mol. The van der Waals surface area contributed by atoms with Gasteiger partial charge in [0.1, 0.15) is 0 Å². The third kappa shape index (κ3) is 4.02. The van der Waals surface area contributed by atoms with Crippen molar-refractivity contribution in [3.8, 4) is 0 Å². The molecule has 4 nitrogen and oxygen atoms in total. The maximum absolute atomic E-state index is 11.1. The lowest BCUT2D eigenvalue weighted by Crippen LogP contribution is -2.21. The second kappa shape index (κ2) is 6.61. The number of carboxylic acids is 1. The minimum Gasteiger partial charge on any atom is -0.478 e. The molecular formula is C12H16BrNO3. The largest absolute Gasteiger partial charge is 0.478 e. The van der Waals surface area contributed by atoms with Gasteiger partial charge in [0.25, 0.3) is 0 Å². The second-order valence-electron chi connectivity index (χ2n) is 3.76. The molecule has 5 heteroatoms. The molecule has 1 rings (SSSR count). The molecule has 3 N–H and O–H groups in total. The van der Waals surface area contributed by atoms with E-state index in [0.717, 1.165) is 10.9 Å². The predicted molar refractivity (Wildman–Crippen MR) is 70.5 cm³/mol. The van der Waals surface area contributed by atoms with Crippen LogP contribution in [0.2, 0.25) is 0 Å². The first-order valence-corrected chi connectivity index (χ1v) is 6.28. The highest BCUT2D eigenvalue weighted by molar-refractivity contribution is 9.10. The van der Waals surface area contributed by atoms with Crippen molar-refractivity contribution in [2.24, 2.45) is 0 Å². The molecule has 0 aliphatic carbocycles. The van der Waals surface area contributed by atoms with E-state index in [1.807, 2.05) is 6.92 Å². The van der Waals surface area contributed by atoms with Gasteiger partial charge in [-0.15, -0.1) is 0 Å². The summed E-state index contributed by atoms with van der Waals surface area (Å²) in [5.74, 6) is -0.959. The number of carbonyl (C=O) groups is 1. The van der Waals surface area contributed by atoms with Gasteiger partial charge >= 0.3 is 5.97 Å².